The number of carbonyl (C=O) groups is 1. The summed E-state index contributed by atoms with van der Waals surface area (Å²) < 4.78 is 23.2. The summed E-state index contributed by atoms with van der Waals surface area (Å²) in [5.41, 5.74) is 0. The van der Waals surface area contributed by atoms with Crippen LogP contribution in [0.25, 0.3) is 0 Å². The van der Waals surface area contributed by atoms with Gasteiger partial charge in [-0.25, -0.2) is 4.79 Å². The molecule has 0 amide bonds. The number of ether oxygens (including phenoxy) is 1. The van der Waals surface area contributed by atoms with Crippen LogP contribution in [-0.2, 0) is 18.6 Å². The minimum absolute atomic E-state index is 0.171. The molecule has 7 heteroatoms. The van der Waals surface area contributed by atoms with Crippen LogP contribution < -0.4 is 0 Å². The molecule has 0 fully saturated rings. The molecule has 0 aromatic heterocycles. The molecule has 23 heavy (non-hydrogen) atoms. The van der Waals surface area contributed by atoms with Gasteiger partial charge < -0.3 is 18.6 Å². The van der Waals surface area contributed by atoms with Gasteiger partial charge in [0.25, 0.3) is 0 Å². The molecule has 0 spiro atoms. The molecule has 0 saturated heterocycles. The van der Waals surface area contributed by atoms with Crippen LogP contribution in [0, 0.1) is 0 Å². The number of unbranched alkanes of at least 4 members (excludes halogenated alkanes) is 3. The van der Waals surface area contributed by atoms with Crippen LogP contribution in [0.3, 0.4) is 0 Å². The summed E-state index contributed by atoms with van der Waals surface area (Å²) in [6.45, 7) is 6.28. The first kappa shape index (κ1) is 22.3. The third-order valence-corrected chi connectivity index (χ3v) is 4.77. The van der Waals surface area contributed by atoms with Gasteiger partial charge in [0.1, 0.15) is 19.3 Å². The Morgan fingerprint density at radius 2 is 1.96 bits per heavy atom. The van der Waals surface area contributed by atoms with Gasteiger partial charge in [-0.15, -0.1) is 0 Å². The van der Waals surface area contributed by atoms with E-state index in [1.54, 1.807) is 0 Å². The van der Waals surface area contributed by atoms with Crippen LogP contribution in [0.15, 0.2) is 12.7 Å². The molecule has 0 radical (unpaired) electrons. The second-order valence-corrected chi connectivity index (χ2v) is 8.68. The van der Waals surface area contributed by atoms with Gasteiger partial charge in [-0.3, -0.25) is 4.57 Å². The summed E-state index contributed by atoms with van der Waals surface area (Å²) in [6, 6.07) is 0. The van der Waals surface area contributed by atoms with E-state index in [0.717, 1.165) is 31.8 Å². The molecule has 2 atom stereocenters. The van der Waals surface area contributed by atoms with Gasteiger partial charge in [0.15, 0.2) is 0 Å². The Morgan fingerprint density at radius 1 is 1.30 bits per heavy atom. The number of carbonyl (C=O) groups excluding carboxylic acids is 1. The van der Waals surface area contributed by atoms with E-state index in [2.05, 4.69) is 13.5 Å². The molecule has 0 bridgehead atoms. The molecule has 0 aromatic rings. The number of likely N-dealkylation sites (N-methyl/N-ethyl adjacent to an activating group) is 1. The Balaban J connectivity index is 4.48. The van der Waals surface area contributed by atoms with Crippen LogP contribution in [0.4, 0.5) is 0 Å². The van der Waals surface area contributed by atoms with Crippen LogP contribution in [0.1, 0.15) is 39.0 Å². The van der Waals surface area contributed by atoms with E-state index in [9.17, 15) is 14.3 Å². The van der Waals surface area contributed by atoms with Crippen molar-refractivity contribution >= 4 is 13.6 Å². The zero-order valence-corrected chi connectivity index (χ0v) is 15.9. The number of esters is 1. The second-order valence-electron chi connectivity index (χ2n) is 6.78. The number of quaternary nitrogens is 1. The van der Waals surface area contributed by atoms with Gasteiger partial charge in [0, 0.05) is 6.08 Å². The fraction of sp³-hybridized carbons (Fsp3) is 0.812. The summed E-state index contributed by atoms with van der Waals surface area (Å²) in [7, 11) is 2.16. The molecule has 2 unspecified atom stereocenters. The van der Waals surface area contributed by atoms with E-state index in [1.807, 2.05) is 21.1 Å². The standard InChI is InChI=1S/C16H32NO5P/c1-6-8-9-10-11-15(22-16(18)7-2)14-23(19,20)21-13-12-17(3,4)5/h7,15H,2,6,8-14H2,1,3-5H3/p+1. The lowest BCUT2D eigenvalue weighted by Gasteiger charge is -2.25. The largest absolute Gasteiger partial charge is 0.459 e. The van der Waals surface area contributed by atoms with Crippen molar-refractivity contribution in [1.82, 2.24) is 0 Å². The second kappa shape index (κ2) is 11.0. The van der Waals surface area contributed by atoms with Crippen molar-refractivity contribution in [3.63, 3.8) is 0 Å². The molecule has 136 valence electrons. The van der Waals surface area contributed by atoms with Gasteiger partial charge >= 0.3 is 13.6 Å². The Morgan fingerprint density at radius 3 is 2.48 bits per heavy atom. The predicted octanol–water partition coefficient (Wildman–Crippen LogP) is 2.96. The van der Waals surface area contributed by atoms with Crippen molar-refractivity contribution in [1.29, 1.82) is 0 Å². The Labute approximate surface area is 140 Å². The zero-order chi connectivity index (χ0) is 17.9. The van der Waals surface area contributed by atoms with Crippen molar-refractivity contribution in [3.05, 3.63) is 12.7 Å². The topological polar surface area (TPSA) is 72.8 Å². The molecular weight excluding hydrogens is 317 g/mol. The minimum atomic E-state index is -3.78. The van der Waals surface area contributed by atoms with Crippen molar-refractivity contribution in [2.45, 2.75) is 45.1 Å². The molecule has 6 nitrogen and oxygen atoms in total. The lowest BCUT2D eigenvalue weighted by Crippen LogP contribution is -2.37. The van der Waals surface area contributed by atoms with Gasteiger partial charge in [-0.05, 0) is 12.8 Å². The minimum Gasteiger partial charge on any atom is -0.459 e. The van der Waals surface area contributed by atoms with Crippen LogP contribution in [-0.4, -0.2) is 61.9 Å². The molecular formula is C16H33NO5P+. The summed E-state index contributed by atoms with van der Waals surface area (Å²) >= 11 is 0. The van der Waals surface area contributed by atoms with Crippen molar-refractivity contribution in [2.75, 3.05) is 40.5 Å². The Kier molecular flexibility index (Phi) is 10.7. The Hall–Kier alpha value is -0.680. The Bertz CT molecular complexity index is 406. The van der Waals surface area contributed by atoms with Crippen molar-refractivity contribution in [3.8, 4) is 0 Å². The van der Waals surface area contributed by atoms with E-state index in [1.165, 1.54) is 0 Å². The van der Waals surface area contributed by atoms with E-state index in [-0.39, 0.29) is 12.8 Å². The smallest absolute Gasteiger partial charge is 0.332 e. The average molecular weight is 350 g/mol. The van der Waals surface area contributed by atoms with Gasteiger partial charge in [0.05, 0.1) is 27.3 Å². The maximum atomic E-state index is 12.2. The van der Waals surface area contributed by atoms with E-state index in [0.29, 0.717) is 17.4 Å². The molecule has 0 heterocycles. The van der Waals surface area contributed by atoms with Gasteiger partial charge in [-0.2, -0.15) is 0 Å². The molecule has 0 aliphatic heterocycles. The molecule has 0 aromatic carbocycles. The number of hydrogen-bond acceptors (Lipinski definition) is 4. The van der Waals surface area contributed by atoms with Crippen LogP contribution in [0.2, 0.25) is 0 Å². The molecule has 0 saturated carbocycles. The lowest BCUT2D eigenvalue weighted by atomic mass is 10.1. The monoisotopic (exact) mass is 350 g/mol. The highest BCUT2D eigenvalue weighted by molar-refractivity contribution is 7.52. The van der Waals surface area contributed by atoms with Crippen molar-refractivity contribution in [2.24, 2.45) is 0 Å². The normalized spacial score (nSPS) is 15.7. The summed E-state index contributed by atoms with van der Waals surface area (Å²) in [6.07, 6.45) is 4.90. The quantitative estimate of drug-likeness (QED) is 0.182. The van der Waals surface area contributed by atoms with Crippen molar-refractivity contribution < 1.29 is 28.0 Å². The van der Waals surface area contributed by atoms with E-state index >= 15 is 0 Å². The lowest BCUT2D eigenvalue weighted by molar-refractivity contribution is -0.870. The highest BCUT2D eigenvalue weighted by Crippen LogP contribution is 2.43. The third-order valence-electron chi connectivity index (χ3n) is 3.32. The zero-order valence-electron chi connectivity index (χ0n) is 15.0. The molecule has 0 aliphatic carbocycles. The predicted molar refractivity (Wildman–Crippen MR) is 92.4 cm³/mol. The SMILES string of the molecule is C=CC(=O)OC(CCCCCC)CP(=O)(O)OCC[N+](C)(C)C. The number of hydrogen-bond donors (Lipinski definition) is 1. The fourth-order valence-electron chi connectivity index (χ4n) is 1.97. The maximum absolute atomic E-state index is 12.2. The van der Waals surface area contributed by atoms with Gasteiger partial charge in [0.2, 0.25) is 0 Å². The van der Waals surface area contributed by atoms with Gasteiger partial charge in [-0.1, -0.05) is 32.8 Å². The summed E-state index contributed by atoms with van der Waals surface area (Å²) in [5.74, 6) is -0.572. The van der Waals surface area contributed by atoms with Crippen LogP contribution >= 0.6 is 7.60 Å². The fourth-order valence-corrected chi connectivity index (χ4v) is 3.21. The third kappa shape index (κ3) is 13.5. The van der Waals surface area contributed by atoms with E-state index in [4.69, 9.17) is 9.26 Å². The molecule has 1 N–H and O–H groups in total. The first-order valence-electron chi connectivity index (χ1n) is 8.19. The highest BCUT2D eigenvalue weighted by Gasteiger charge is 2.28. The number of nitrogens with zero attached hydrogens (tertiary/aromatic N) is 1. The summed E-state index contributed by atoms with van der Waals surface area (Å²) in [5, 5.41) is 0. The van der Waals surface area contributed by atoms with E-state index < -0.39 is 19.7 Å². The first-order valence-corrected chi connectivity index (χ1v) is 9.96. The summed E-state index contributed by atoms with van der Waals surface area (Å²) in [4.78, 5) is 21.4. The number of rotatable bonds is 13. The average Bonchev–Trinajstić information content (AvgIpc) is 2.41. The van der Waals surface area contributed by atoms with Crippen LogP contribution in [0.5, 0.6) is 0 Å². The first-order chi connectivity index (χ1) is 10.6. The molecule has 0 rings (SSSR count). The maximum Gasteiger partial charge on any atom is 0.332 e. The highest BCUT2D eigenvalue weighted by atomic mass is 31.2. The molecule has 0 aliphatic rings.